The molecule has 0 aromatic heterocycles. The summed E-state index contributed by atoms with van der Waals surface area (Å²) in [5, 5.41) is 54.7. The van der Waals surface area contributed by atoms with Crippen molar-refractivity contribution in [2.24, 2.45) is 11.5 Å². The molecular formula is C12H26N2O8. The topological polar surface area (TPSA) is 192 Å². The molecule has 2 heterocycles. The largest absolute Gasteiger partial charge is 0.388 e. The number of aliphatic hydroxyl groups excluding tert-OH is 6. The fourth-order valence-corrected chi connectivity index (χ4v) is 2.13. The lowest BCUT2D eigenvalue weighted by molar-refractivity contribution is -0.237. The van der Waals surface area contributed by atoms with Crippen molar-refractivity contribution in [3.63, 3.8) is 0 Å². The van der Waals surface area contributed by atoms with E-state index >= 15 is 0 Å². The smallest absolute Gasteiger partial charge is 0.172 e. The molecule has 2 unspecified atom stereocenters. The second-order valence-electron chi connectivity index (χ2n) is 5.58. The fraction of sp³-hybridized carbons (Fsp3) is 1.00. The van der Waals surface area contributed by atoms with E-state index in [1.807, 2.05) is 0 Å². The van der Waals surface area contributed by atoms with E-state index in [0.29, 0.717) is 0 Å². The Balaban J connectivity index is 0.000000220. The van der Waals surface area contributed by atoms with Gasteiger partial charge in [-0.05, 0) is 13.8 Å². The summed E-state index contributed by atoms with van der Waals surface area (Å²) >= 11 is 0. The third-order valence-corrected chi connectivity index (χ3v) is 3.82. The molecule has 0 aromatic carbocycles. The van der Waals surface area contributed by atoms with Gasteiger partial charge in [0.05, 0.1) is 24.3 Å². The Morgan fingerprint density at radius 2 is 0.864 bits per heavy atom. The Labute approximate surface area is 127 Å². The Morgan fingerprint density at radius 3 is 1.14 bits per heavy atom. The SMILES string of the molecule is C[C@H]1OC(O)[C@H](N)[C@@H](O)[C@@H]1O.C[C@H]1OC(O)[C@H](N)[C@@H](O)[C@@H]1O. The summed E-state index contributed by atoms with van der Waals surface area (Å²) in [4.78, 5) is 0. The van der Waals surface area contributed by atoms with Crippen molar-refractivity contribution in [1.29, 1.82) is 0 Å². The van der Waals surface area contributed by atoms with Crippen molar-refractivity contribution in [2.45, 2.75) is 75.1 Å². The number of hydrogen-bond donors (Lipinski definition) is 8. The van der Waals surface area contributed by atoms with Gasteiger partial charge in [0.1, 0.15) is 24.4 Å². The van der Waals surface area contributed by atoms with Crippen molar-refractivity contribution in [2.75, 3.05) is 0 Å². The highest BCUT2D eigenvalue weighted by atomic mass is 16.6. The summed E-state index contributed by atoms with van der Waals surface area (Å²) in [6.07, 6.45) is -7.82. The number of rotatable bonds is 0. The highest BCUT2D eigenvalue weighted by Crippen LogP contribution is 2.18. The Hall–Kier alpha value is -0.400. The van der Waals surface area contributed by atoms with Crippen LogP contribution < -0.4 is 11.5 Å². The molecule has 10 N–H and O–H groups in total. The van der Waals surface area contributed by atoms with E-state index in [1.54, 1.807) is 13.8 Å². The first-order valence-corrected chi connectivity index (χ1v) is 6.98. The van der Waals surface area contributed by atoms with Crippen LogP contribution in [0.1, 0.15) is 13.8 Å². The van der Waals surface area contributed by atoms with Crippen LogP contribution in [0.4, 0.5) is 0 Å². The molecule has 10 atom stereocenters. The van der Waals surface area contributed by atoms with E-state index in [0.717, 1.165) is 0 Å². The van der Waals surface area contributed by atoms with Crippen LogP contribution in [0.5, 0.6) is 0 Å². The summed E-state index contributed by atoms with van der Waals surface area (Å²) in [5.41, 5.74) is 10.6. The summed E-state index contributed by atoms with van der Waals surface area (Å²) < 4.78 is 9.60. The van der Waals surface area contributed by atoms with Crippen LogP contribution in [0.2, 0.25) is 0 Å². The molecule has 0 radical (unpaired) electrons. The van der Waals surface area contributed by atoms with Crippen LogP contribution in [0.25, 0.3) is 0 Å². The van der Waals surface area contributed by atoms with Gasteiger partial charge in [-0.25, -0.2) is 0 Å². The molecule has 10 nitrogen and oxygen atoms in total. The zero-order chi connectivity index (χ0) is 17.2. The van der Waals surface area contributed by atoms with Crippen molar-refractivity contribution in [3.05, 3.63) is 0 Å². The molecule has 0 saturated carbocycles. The molecule has 2 rings (SSSR count). The maximum absolute atomic E-state index is 9.17. The Morgan fingerprint density at radius 1 is 0.591 bits per heavy atom. The molecule has 0 spiro atoms. The first-order valence-electron chi connectivity index (χ1n) is 6.98. The van der Waals surface area contributed by atoms with Crippen molar-refractivity contribution < 1.29 is 40.1 Å². The van der Waals surface area contributed by atoms with Crippen molar-refractivity contribution in [3.8, 4) is 0 Å². The average molecular weight is 326 g/mol. The van der Waals surface area contributed by atoms with Crippen LogP contribution in [0.15, 0.2) is 0 Å². The molecule has 2 fully saturated rings. The predicted molar refractivity (Wildman–Crippen MR) is 73.1 cm³/mol. The standard InChI is InChI=1S/2C6H13NO4/c2*1-2-4(8)5(9)3(7)6(10)11-2/h2*2-6,8-10H,7H2,1H3/t2*2-,3-,4-,5-,6?/m11/s1. The predicted octanol–water partition coefficient (Wildman–Crippen LogP) is -4.45. The van der Waals surface area contributed by atoms with Crippen LogP contribution in [-0.4, -0.2) is 91.9 Å². The van der Waals surface area contributed by atoms with Crippen LogP contribution in [0, 0.1) is 0 Å². The second-order valence-corrected chi connectivity index (χ2v) is 5.58. The Kier molecular flexibility index (Phi) is 7.08. The van der Waals surface area contributed by atoms with Gasteiger partial charge in [-0.15, -0.1) is 0 Å². The van der Waals surface area contributed by atoms with Gasteiger partial charge in [-0.3, -0.25) is 0 Å². The highest BCUT2D eigenvalue weighted by molar-refractivity contribution is 4.89. The minimum Gasteiger partial charge on any atom is -0.388 e. The molecule has 2 aliphatic rings. The van der Waals surface area contributed by atoms with Gasteiger partial charge >= 0.3 is 0 Å². The summed E-state index contributed by atoms with van der Waals surface area (Å²) in [7, 11) is 0. The third-order valence-electron chi connectivity index (χ3n) is 3.82. The monoisotopic (exact) mass is 326 g/mol. The second kappa shape index (κ2) is 7.93. The molecule has 0 aliphatic carbocycles. The third kappa shape index (κ3) is 4.32. The van der Waals surface area contributed by atoms with Gasteiger partial charge in [0.2, 0.25) is 0 Å². The summed E-state index contributed by atoms with van der Waals surface area (Å²) in [6, 6.07) is -1.86. The number of aliphatic hydroxyl groups is 6. The van der Waals surface area contributed by atoms with Gasteiger partial charge in [-0.2, -0.15) is 0 Å². The molecule has 0 amide bonds. The average Bonchev–Trinajstić information content (AvgIpc) is 2.47. The first-order chi connectivity index (χ1) is 10.1. The number of nitrogens with two attached hydrogens (primary N) is 2. The van der Waals surface area contributed by atoms with Crippen molar-refractivity contribution >= 4 is 0 Å². The molecule has 0 aromatic rings. The zero-order valence-electron chi connectivity index (χ0n) is 12.4. The van der Waals surface area contributed by atoms with E-state index in [1.165, 1.54) is 0 Å². The molecule has 132 valence electrons. The molecular weight excluding hydrogens is 300 g/mol. The minimum absolute atomic E-state index is 0.584. The van der Waals surface area contributed by atoms with Gasteiger partial charge in [0.15, 0.2) is 12.6 Å². The summed E-state index contributed by atoms with van der Waals surface area (Å²) in [5.74, 6) is 0. The van der Waals surface area contributed by atoms with E-state index in [-0.39, 0.29) is 0 Å². The molecule has 2 saturated heterocycles. The lowest BCUT2D eigenvalue weighted by Gasteiger charge is -2.37. The molecule has 22 heavy (non-hydrogen) atoms. The number of hydrogen-bond acceptors (Lipinski definition) is 10. The van der Waals surface area contributed by atoms with Crippen LogP contribution in [-0.2, 0) is 9.47 Å². The fourth-order valence-electron chi connectivity index (χ4n) is 2.13. The molecule has 0 bridgehead atoms. The lowest BCUT2D eigenvalue weighted by atomic mass is 9.99. The van der Waals surface area contributed by atoms with E-state index < -0.39 is 61.3 Å². The number of ether oxygens (including phenoxy) is 2. The highest BCUT2D eigenvalue weighted by Gasteiger charge is 2.40. The van der Waals surface area contributed by atoms with Crippen molar-refractivity contribution in [1.82, 2.24) is 0 Å². The van der Waals surface area contributed by atoms with Gasteiger partial charge in [0.25, 0.3) is 0 Å². The van der Waals surface area contributed by atoms with Crippen LogP contribution in [0.3, 0.4) is 0 Å². The zero-order valence-corrected chi connectivity index (χ0v) is 12.4. The van der Waals surface area contributed by atoms with Gasteiger partial charge < -0.3 is 51.6 Å². The minimum atomic E-state index is -1.19. The Bertz CT molecular complexity index is 289. The normalized spacial score (nSPS) is 52.6. The quantitative estimate of drug-likeness (QED) is 0.215. The van der Waals surface area contributed by atoms with E-state index in [4.69, 9.17) is 41.4 Å². The summed E-state index contributed by atoms with van der Waals surface area (Å²) in [6.45, 7) is 3.12. The maximum atomic E-state index is 9.17. The van der Waals surface area contributed by atoms with Crippen LogP contribution >= 0.6 is 0 Å². The molecule has 2 aliphatic heterocycles. The van der Waals surface area contributed by atoms with E-state index in [2.05, 4.69) is 0 Å². The first kappa shape index (κ1) is 19.6. The maximum Gasteiger partial charge on any atom is 0.172 e. The lowest BCUT2D eigenvalue weighted by Crippen LogP contribution is -2.60. The van der Waals surface area contributed by atoms with E-state index in [9.17, 15) is 10.2 Å². The van der Waals surface area contributed by atoms with Gasteiger partial charge in [0, 0.05) is 0 Å². The molecule has 10 heteroatoms. The van der Waals surface area contributed by atoms with Gasteiger partial charge in [-0.1, -0.05) is 0 Å².